The van der Waals surface area contributed by atoms with Crippen molar-refractivity contribution in [2.24, 2.45) is 5.92 Å². The molecule has 1 saturated heterocycles. The number of halogens is 2. The summed E-state index contributed by atoms with van der Waals surface area (Å²) in [5.74, 6) is 0.101. The van der Waals surface area contributed by atoms with E-state index in [2.05, 4.69) is 34.8 Å². The van der Waals surface area contributed by atoms with Crippen molar-refractivity contribution in [3.8, 4) is 0 Å². The monoisotopic (exact) mass is 454 g/mol. The summed E-state index contributed by atoms with van der Waals surface area (Å²) in [4.78, 5) is 28.2. The molecular weight excluding hydrogens is 436 g/mol. The molecule has 5 nitrogen and oxygen atoms in total. The number of carboxylic acid groups (broad SMARTS) is 1. The molecule has 2 N–H and O–H groups in total. The molecular formula is C14H20Br2N2O3S. The van der Waals surface area contributed by atoms with Gasteiger partial charge in [-0.2, -0.15) is 0 Å². The normalized spacial score (nSPS) is 24.4. The summed E-state index contributed by atoms with van der Waals surface area (Å²) >= 11 is 4.91. The van der Waals surface area contributed by atoms with Crippen molar-refractivity contribution in [3.63, 3.8) is 0 Å². The summed E-state index contributed by atoms with van der Waals surface area (Å²) in [6.07, 6.45) is 3.92. The van der Waals surface area contributed by atoms with E-state index in [0.29, 0.717) is 17.0 Å². The number of fused-ring (bicyclic) bond motifs is 1. The molecule has 0 unspecified atom stereocenters. The molecule has 2 aliphatic rings. The highest BCUT2D eigenvalue weighted by atomic mass is 79.9. The Kier molecular flexibility index (Phi) is 7.61. The van der Waals surface area contributed by atoms with Crippen LogP contribution in [-0.2, 0) is 9.59 Å². The minimum atomic E-state index is -1.02. The zero-order chi connectivity index (χ0) is 15.6. The number of hydrogen-bond donors (Lipinski definition) is 2. The van der Waals surface area contributed by atoms with Crippen LogP contribution in [0.5, 0.6) is 0 Å². The molecule has 0 radical (unpaired) electrons. The number of amides is 1. The Hall–Kier alpha value is -0.340. The van der Waals surface area contributed by atoms with Gasteiger partial charge in [-0.15, -0.1) is 11.8 Å². The van der Waals surface area contributed by atoms with E-state index in [-0.39, 0.29) is 40.0 Å². The number of aliphatic carboxylic acids is 1. The van der Waals surface area contributed by atoms with Crippen molar-refractivity contribution in [3.05, 3.63) is 11.3 Å². The van der Waals surface area contributed by atoms with Crippen molar-refractivity contribution in [2.75, 3.05) is 11.1 Å². The second-order valence-corrected chi connectivity index (χ2v) is 7.29. The number of rotatable bonds is 6. The van der Waals surface area contributed by atoms with E-state index in [1.807, 2.05) is 6.21 Å². The Labute approximate surface area is 153 Å². The van der Waals surface area contributed by atoms with Crippen molar-refractivity contribution in [1.82, 2.24) is 4.90 Å². The van der Waals surface area contributed by atoms with E-state index in [9.17, 15) is 14.7 Å². The van der Waals surface area contributed by atoms with Gasteiger partial charge in [0.15, 0.2) is 5.37 Å². The summed E-state index contributed by atoms with van der Waals surface area (Å²) in [5.41, 5.74) is 0.917. The molecule has 0 aromatic carbocycles. The summed E-state index contributed by atoms with van der Waals surface area (Å²) in [7, 11) is 0. The first-order valence-electron chi connectivity index (χ1n) is 7.01. The average Bonchev–Trinajstić information content (AvgIpc) is 2.44. The second kappa shape index (κ2) is 8.49. The number of thioether (sulfide) groups is 1. The molecule has 0 aromatic heterocycles. The van der Waals surface area contributed by atoms with Gasteiger partial charge in [0.1, 0.15) is 11.9 Å². The van der Waals surface area contributed by atoms with Gasteiger partial charge in [0.2, 0.25) is 0 Å². The quantitative estimate of drug-likeness (QED) is 0.266. The van der Waals surface area contributed by atoms with Crippen LogP contribution in [0.25, 0.3) is 0 Å². The van der Waals surface area contributed by atoms with E-state index in [1.165, 1.54) is 4.90 Å². The SMILES string of the molecule is CC(C)CCC=[NH+][C@@H]1C(=O)N2C(C(=O)O)=C(CBr)CS[C@H]12.[Br-]. The van der Waals surface area contributed by atoms with Gasteiger partial charge in [-0.3, -0.25) is 9.69 Å². The Morgan fingerprint density at radius 3 is 2.82 bits per heavy atom. The number of hydrogen-bond acceptors (Lipinski definition) is 3. The molecule has 0 saturated carbocycles. The molecule has 8 heteroatoms. The molecule has 1 amide bonds. The molecule has 0 aromatic rings. The molecule has 124 valence electrons. The maximum Gasteiger partial charge on any atom is 0.352 e. The summed E-state index contributed by atoms with van der Waals surface area (Å²) in [6, 6.07) is -0.298. The Morgan fingerprint density at radius 2 is 2.27 bits per heavy atom. The molecule has 0 bridgehead atoms. The lowest BCUT2D eigenvalue weighted by atomic mass is 10.0. The number of carbonyl (C=O) groups is 2. The minimum Gasteiger partial charge on any atom is -1.00 e. The van der Waals surface area contributed by atoms with Crippen molar-refractivity contribution in [2.45, 2.75) is 38.1 Å². The van der Waals surface area contributed by atoms with Crippen molar-refractivity contribution < 1.29 is 36.7 Å². The third kappa shape index (κ3) is 3.94. The van der Waals surface area contributed by atoms with Gasteiger partial charge in [0.25, 0.3) is 11.9 Å². The standard InChI is InChI=1S/C14H19BrN2O3S.BrH/c1-8(2)4-3-5-16-10-12(18)17-11(14(19)20)9(6-15)7-21-13(10)17;/h5,8,10,13H,3-4,6-7H2,1-2H3,(H,19,20);1H/t10-,13-;/m1./s1. The highest BCUT2D eigenvalue weighted by molar-refractivity contribution is 9.09. The van der Waals surface area contributed by atoms with Crippen LogP contribution in [0.2, 0.25) is 0 Å². The van der Waals surface area contributed by atoms with E-state index in [1.54, 1.807) is 11.8 Å². The third-order valence-electron chi connectivity index (χ3n) is 3.60. The Balaban J connectivity index is 0.00000242. The molecule has 0 spiro atoms. The lowest BCUT2D eigenvalue weighted by Crippen LogP contribution is -3.00. The molecule has 2 atom stereocenters. The lowest BCUT2D eigenvalue weighted by molar-refractivity contribution is -0.499. The van der Waals surface area contributed by atoms with Gasteiger partial charge in [0, 0.05) is 17.5 Å². The fourth-order valence-electron chi connectivity index (χ4n) is 2.43. The van der Waals surface area contributed by atoms with Gasteiger partial charge in [-0.25, -0.2) is 9.79 Å². The maximum atomic E-state index is 12.2. The zero-order valence-electron chi connectivity index (χ0n) is 12.5. The highest BCUT2D eigenvalue weighted by Crippen LogP contribution is 2.39. The minimum absolute atomic E-state index is 0. The topological polar surface area (TPSA) is 71.6 Å². The summed E-state index contributed by atoms with van der Waals surface area (Å²) in [5, 5.41) is 9.70. The number of carbonyl (C=O) groups excluding carboxylic acids is 1. The second-order valence-electron chi connectivity index (χ2n) is 5.62. The number of β-lactam (4-membered cyclic amide) rings is 1. The first-order chi connectivity index (χ1) is 9.97. The van der Waals surface area contributed by atoms with Crippen LogP contribution in [0.1, 0.15) is 26.7 Å². The van der Waals surface area contributed by atoms with E-state index in [0.717, 1.165) is 18.4 Å². The largest absolute Gasteiger partial charge is 1.00 e. The van der Waals surface area contributed by atoms with E-state index in [4.69, 9.17) is 0 Å². The van der Waals surface area contributed by atoms with Crippen LogP contribution in [0.15, 0.2) is 11.3 Å². The van der Waals surface area contributed by atoms with Crippen molar-refractivity contribution in [1.29, 1.82) is 0 Å². The number of nitrogens with zero attached hydrogens (tertiary/aromatic N) is 1. The molecule has 0 aliphatic carbocycles. The summed E-state index contributed by atoms with van der Waals surface area (Å²) < 4.78 is 0. The van der Waals surface area contributed by atoms with Crippen LogP contribution in [-0.4, -0.2) is 50.6 Å². The maximum absolute atomic E-state index is 12.2. The van der Waals surface area contributed by atoms with E-state index >= 15 is 0 Å². The van der Waals surface area contributed by atoms with Gasteiger partial charge in [-0.05, 0) is 17.9 Å². The predicted octanol–water partition coefficient (Wildman–Crippen LogP) is -2.40. The molecule has 22 heavy (non-hydrogen) atoms. The average molecular weight is 456 g/mol. The third-order valence-corrected chi connectivity index (χ3v) is 5.61. The highest BCUT2D eigenvalue weighted by Gasteiger charge is 2.57. The Morgan fingerprint density at radius 1 is 1.59 bits per heavy atom. The van der Waals surface area contributed by atoms with Crippen LogP contribution in [0.4, 0.5) is 0 Å². The zero-order valence-corrected chi connectivity index (χ0v) is 16.5. The number of alkyl halides is 1. The van der Waals surface area contributed by atoms with Gasteiger partial charge < -0.3 is 22.1 Å². The fraction of sp³-hybridized carbons (Fsp3) is 0.643. The predicted molar refractivity (Wildman–Crippen MR) is 86.4 cm³/mol. The van der Waals surface area contributed by atoms with Crippen LogP contribution in [0.3, 0.4) is 0 Å². The Bertz CT molecular complexity index is 508. The molecule has 2 aliphatic heterocycles. The van der Waals surface area contributed by atoms with Crippen LogP contribution >= 0.6 is 27.7 Å². The van der Waals surface area contributed by atoms with Gasteiger partial charge >= 0.3 is 5.97 Å². The first-order valence-corrected chi connectivity index (χ1v) is 9.18. The summed E-state index contributed by atoms with van der Waals surface area (Å²) in [6.45, 7) is 4.32. The fourth-order valence-corrected chi connectivity index (χ4v) is 4.52. The van der Waals surface area contributed by atoms with Gasteiger partial charge in [0.05, 0.1) is 0 Å². The lowest BCUT2D eigenvalue weighted by Gasteiger charge is -2.44. The van der Waals surface area contributed by atoms with Crippen LogP contribution in [0, 0.1) is 5.92 Å². The van der Waals surface area contributed by atoms with Crippen molar-refractivity contribution >= 4 is 45.8 Å². The smallest absolute Gasteiger partial charge is 0.352 e. The first kappa shape index (κ1) is 19.7. The van der Waals surface area contributed by atoms with Gasteiger partial charge in [-0.1, -0.05) is 29.8 Å². The number of nitrogens with one attached hydrogen (secondary N) is 1. The molecule has 2 rings (SSSR count). The molecule has 2 heterocycles. The molecule has 1 fully saturated rings. The van der Waals surface area contributed by atoms with E-state index < -0.39 is 5.97 Å². The number of carboxylic acids is 1. The van der Waals surface area contributed by atoms with Crippen LogP contribution < -0.4 is 22.0 Å².